The van der Waals surface area contributed by atoms with Crippen LogP contribution in [0.1, 0.15) is 0 Å². The number of hydrazone groups is 1. The highest BCUT2D eigenvalue weighted by atomic mass is 15.8. The van der Waals surface area contributed by atoms with Crippen LogP contribution in [-0.2, 0) is 0 Å². The van der Waals surface area contributed by atoms with E-state index in [-0.39, 0.29) is 0 Å². The molecule has 0 atom stereocenters. The van der Waals surface area contributed by atoms with Crippen LogP contribution in [0.5, 0.6) is 0 Å². The van der Waals surface area contributed by atoms with Crippen LogP contribution in [-0.4, -0.2) is 29.2 Å². The smallest absolute Gasteiger partial charge is 0.135 e. The molecule has 0 unspecified atom stereocenters. The fourth-order valence-corrected chi connectivity index (χ4v) is 0.793. The van der Waals surface area contributed by atoms with Crippen molar-refractivity contribution in [1.82, 2.24) is 10.1 Å². The summed E-state index contributed by atoms with van der Waals surface area (Å²) in [6.45, 7) is 0.850. The molecule has 9 heavy (non-hydrogen) atoms. The maximum atomic E-state index is 3.99. The zero-order valence-electron chi connectivity index (χ0n) is 4.81. The van der Waals surface area contributed by atoms with Gasteiger partial charge in [-0.15, -0.1) is 0 Å². The Morgan fingerprint density at radius 1 is 1.44 bits per heavy atom. The largest absolute Gasteiger partial charge is 0.264 e. The molecule has 0 aromatic carbocycles. The molecule has 0 amide bonds. The molecule has 46 valence electrons. The predicted octanol–water partition coefficient (Wildman–Crippen LogP) is 0.0179. The first-order valence-corrected chi connectivity index (χ1v) is 2.75. The Bertz CT molecular complexity index is 193. The van der Waals surface area contributed by atoms with Crippen molar-refractivity contribution in [3.05, 3.63) is 12.4 Å². The zero-order chi connectivity index (χ0) is 6.10. The van der Waals surface area contributed by atoms with Crippen LogP contribution in [0.15, 0.2) is 22.5 Å². The first kappa shape index (κ1) is 4.55. The van der Waals surface area contributed by atoms with Crippen LogP contribution in [0.4, 0.5) is 0 Å². The summed E-state index contributed by atoms with van der Waals surface area (Å²) in [5.74, 6) is 0. The van der Waals surface area contributed by atoms with Gasteiger partial charge in [-0.25, -0.2) is 4.99 Å². The Hall–Kier alpha value is -1.32. The molecule has 0 saturated carbocycles. The fraction of sp³-hybridized carbons (Fsp3) is 0.200. The summed E-state index contributed by atoms with van der Waals surface area (Å²) in [6.07, 6.45) is 7.13. The minimum atomic E-state index is 0.850. The SMILES string of the molecule is C1=CN2CC=NN2C=N1. The molecule has 2 heterocycles. The Morgan fingerprint density at radius 3 is 3.33 bits per heavy atom. The normalized spacial score (nSPS) is 21.3. The third-order valence-electron chi connectivity index (χ3n) is 1.23. The van der Waals surface area contributed by atoms with E-state index in [1.165, 1.54) is 0 Å². The number of nitrogens with zero attached hydrogens (tertiary/aromatic N) is 4. The van der Waals surface area contributed by atoms with Gasteiger partial charge in [-0.2, -0.15) is 10.2 Å². The van der Waals surface area contributed by atoms with E-state index in [0.717, 1.165) is 6.54 Å². The van der Waals surface area contributed by atoms with Crippen molar-refractivity contribution in [2.24, 2.45) is 10.1 Å². The molecule has 0 aromatic rings. The molecular weight excluding hydrogens is 116 g/mol. The van der Waals surface area contributed by atoms with Crippen LogP contribution in [0.3, 0.4) is 0 Å². The maximum Gasteiger partial charge on any atom is 0.135 e. The number of hydrazine groups is 1. The number of fused-ring (bicyclic) bond motifs is 1. The number of rotatable bonds is 0. The standard InChI is InChI=1S/C5H6N4/c1-3-8-4-2-7-9(8)5-6-1/h1-3,5H,4H2. The molecule has 2 aliphatic rings. The van der Waals surface area contributed by atoms with Gasteiger partial charge >= 0.3 is 0 Å². The molecule has 4 heteroatoms. The summed E-state index contributed by atoms with van der Waals surface area (Å²) < 4.78 is 0. The molecule has 0 aromatic heterocycles. The van der Waals surface area contributed by atoms with Crippen molar-refractivity contribution < 1.29 is 0 Å². The molecule has 0 spiro atoms. The quantitative estimate of drug-likeness (QED) is 0.453. The highest BCUT2D eigenvalue weighted by Gasteiger charge is 2.12. The Labute approximate surface area is 52.7 Å². The van der Waals surface area contributed by atoms with Crippen molar-refractivity contribution >= 4 is 12.6 Å². The second-order valence-electron chi connectivity index (χ2n) is 1.80. The Balaban J connectivity index is 2.25. The molecule has 2 rings (SSSR count). The van der Waals surface area contributed by atoms with E-state index in [0.29, 0.717) is 0 Å². The Kier molecular flexibility index (Phi) is 0.798. The van der Waals surface area contributed by atoms with E-state index in [1.807, 2.05) is 17.4 Å². The maximum absolute atomic E-state index is 3.99. The summed E-state index contributed by atoms with van der Waals surface area (Å²) in [5.41, 5.74) is 0. The molecule has 0 radical (unpaired) electrons. The summed E-state index contributed by atoms with van der Waals surface area (Å²) in [6, 6.07) is 0. The van der Waals surface area contributed by atoms with E-state index in [4.69, 9.17) is 0 Å². The molecule has 0 N–H and O–H groups in total. The second-order valence-corrected chi connectivity index (χ2v) is 1.80. The van der Waals surface area contributed by atoms with Crippen LogP contribution >= 0.6 is 0 Å². The molecule has 0 fully saturated rings. The number of hydrogen-bond acceptors (Lipinski definition) is 4. The van der Waals surface area contributed by atoms with E-state index in [2.05, 4.69) is 10.1 Å². The molecule has 0 aliphatic carbocycles. The van der Waals surface area contributed by atoms with Gasteiger partial charge in [0.2, 0.25) is 0 Å². The van der Waals surface area contributed by atoms with Crippen molar-refractivity contribution in [2.45, 2.75) is 0 Å². The second kappa shape index (κ2) is 1.58. The van der Waals surface area contributed by atoms with Crippen LogP contribution in [0, 0.1) is 0 Å². The van der Waals surface area contributed by atoms with Gasteiger partial charge < -0.3 is 0 Å². The minimum absolute atomic E-state index is 0.850. The van der Waals surface area contributed by atoms with E-state index in [1.54, 1.807) is 17.7 Å². The topological polar surface area (TPSA) is 31.2 Å². The molecule has 0 saturated heterocycles. The lowest BCUT2D eigenvalue weighted by atomic mass is 10.7. The van der Waals surface area contributed by atoms with Gasteiger partial charge in [-0.1, -0.05) is 0 Å². The van der Waals surface area contributed by atoms with Gasteiger partial charge in [-0.3, -0.25) is 5.01 Å². The fourth-order valence-electron chi connectivity index (χ4n) is 0.793. The van der Waals surface area contributed by atoms with Crippen LogP contribution < -0.4 is 0 Å². The van der Waals surface area contributed by atoms with E-state index < -0.39 is 0 Å². The molecule has 4 nitrogen and oxygen atoms in total. The predicted molar refractivity (Wildman–Crippen MR) is 34.7 cm³/mol. The average Bonchev–Trinajstić information content (AvgIpc) is 2.33. The average molecular weight is 122 g/mol. The lowest BCUT2D eigenvalue weighted by molar-refractivity contribution is 0.156. The van der Waals surface area contributed by atoms with Crippen LogP contribution in [0.2, 0.25) is 0 Å². The molecule has 0 bridgehead atoms. The van der Waals surface area contributed by atoms with Crippen molar-refractivity contribution in [3.63, 3.8) is 0 Å². The van der Waals surface area contributed by atoms with Crippen molar-refractivity contribution in [2.75, 3.05) is 6.54 Å². The van der Waals surface area contributed by atoms with Crippen molar-refractivity contribution in [3.8, 4) is 0 Å². The third kappa shape index (κ3) is 0.595. The first-order valence-electron chi connectivity index (χ1n) is 2.75. The highest BCUT2D eigenvalue weighted by Crippen LogP contribution is 2.05. The van der Waals surface area contributed by atoms with Crippen molar-refractivity contribution in [1.29, 1.82) is 0 Å². The summed E-state index contributed by atoms with van der Waals surface area (Å²) >= 11 is 0. The van der Waals surface area contributed by atoms with E-state index >= 15 is 0 Å². The first-order chi connectivity index (χ1) is 4.47. The lowest BCUT2D eigenvalue weighted by Gasteiger charge is -2.22. The van der Waals surface area contributed by atoms with Gasteiger partial charge in [0.15, 0.2) is 0 Å². The van der Waals surface area contributed by atoms with E-state index in [9.17, 15) is 0 Å². The molecule has 2 aliphatic heterocycles. The number of hydrogen-bond donors (Lipinski definition) is 0. The summed E-state index contributed by atoms with van der Waals surface area (Å²) in [5, 5.41) is 7.64. The van der Waals surface area contributed by atoms with Crippen LogP contribution in [0.25, 0.3) is 0 Å². The summed E-state index contributed by atoms with van der Waals surface area (Å²) in [4.78, 5) is 3.88. The lowest BCUT2D eigenvalue weighted by Crippen LogP contribution is -2.30. The Morgan fingerprint density at radius 2 is 2.44 bits per heavy atom. The van der Waals surface area contributed by atoms with Gasteiger partial charge in [0.05, 0.1) is 6.54 Å². The van der Waals surface area contributed by atoms with Gasteiger partial charge in [0, 0.05) is 18.6 Å². The molecular formula is C5H6N4. The van der Waals surface area contributed by atoms with Gasteiger partial charge in [-0.05, 0) is 0 Å². The third-order valence-corrected chi connectivity index (χ3v) is 1.23. The zero-order valence-corrected chi connectivity index (χ0v) is 4.81. The highest BCUT2D eigenvalue weighted by molar-refractivity contribution is 5.67. The summed E-state index contributed by atoms with van der Waals surface area (Å²) in [7, 11) is 0. The minimum Gasteiger partial charge on any atom is -0.264 e. The number of aliphatic imine (C=N–C) groups is 1. The van der Waals surface area contributed by atoms with Gasteiger partial charge in [0.1, 0.15) is 6.34 Å². The van der Waals surface area contributed by atoms with Gasteiger partial charge in [0.25, 0.3) is 0 Å². The monoisotopic (exact) mass is 122 g/mol.